The molecule has 0 aromatic heterocycles. The highest BCUT2D eigenvalue weighted by molar-refractivity contribution is 5.66. The van der Waals surface area contributed by atoms with E-state index in [1.807, 2.05) is 0 Å². The lowest BCUT2D eigenvalue weighted by atomic mass is 9.35. The zero-order chi connectivity index (χ0) is 28.7. The van der Waals surface area contributed by atoms with Gasteiger partial charge >= 0.3 is 5.97 Å². The molecule has 0 saturated heterocycles. The van der Waals surface area contributed by atoms with Gasteiger partial charge in [-0.1, -0.05) is 46.8 Å². The van der Waals surface area contributed by atoms with Crippen molar-refractivity contribution >= 4 is 5.97 Å². The number of hydrogen-bond donors (Lipinski definition) is 4. The van der Waals surface area contributed by atoms with Crippen molar-refractivity contribution in [3.05, 3.63) is 12.2 Å². The van der Waals surface area contributed by atoms with Crippen molar-refractivity contribution in [2.75, 3.05) is 0 Å². The summed E-state index contributed by atoms with van der Waals surface area (Å²) < 4.78 is 5.82. The fourth-order valence-corrected chi connectivity index (χ4v) is 10.7. The Kier molecular flexibility index (Phi) is 7.34. The van der Waals surface area contributed by atoms with Gasteiger partial charge in [-0.25, -0.2) is 0 Å². The van der Waals surface area contributed by atoms with Gasteiger partial charge in [0.15, 0.2) is 0 Å². The summed E-state index contributed by atoms with van der Waals surface area (Å²) in [5.74, 6) is -0.237. The molecular formula is C32H54O6. The molecule has 218 valence electrons. The number of fused-ring (bicyclic) bond motifs is 5. The minimum absolute atomic E-state index is 0.0108. The smallest absolute Gasteiger partial charge is 0.302 e. The number of aliphatic hydroxyl groups is 4. The van der Waals surface area contributed by atoms with Gasteiger partial charge in [0.05, 0.1) is 23.4 Å². The summed E-state index contributed by atoms with van der Waals surface area (Å²) in [7, 11) is 0. The third kappa shape index (κ3) is 4.50. The lowest BCUT2D eigenvalue weighted by Crippen LogP contribution is -2.66. The van der Waals surface area contributed by atoms with Crippen LogP contribution < -0.4 is 0 Å². The van der Waals surface area contributed by atoms with Gasteiger partial charge in [-0.15, -0.1) is 0 Å². The normalized spacial score (nSPS) is 48.1. The van der Waals surface area contributed by atoms with E-state index < -0.39 is 29.3 Å². The van der Waals surface area contributed by atoms with Crippen molar-refractivity contribution in [2.24, 2.45) is 45.3 Å². The molecule has 0 aliphatic heterocycles. The molecule has 4 N–H and O–H groups in total. The van der Waals surface area contributed by atoms with E-state index >= 15 is 0 Å². The molecule has 4 rings (SSSR count). The lowest BCUT2D eigenvalue weighted by molar-refractivity contribution is -0.248. The molecule has 4 saturated carbocycles. The number of carbonyl (C=O) groups excluding carboxylic acids is 1. The van der Waals surface area contributed by atoms with E-state index in [2.05, 4.69) is 34.6 Å². The molecule has 0 unspecified atom stereocenters. The Balaban J connectivity index is 1.68. The first-order valence-electron chi connectivity index (χ1n) is 14.9. The molecule has 0 amide bonds. The fraction of sp³-hybridized carbons (Fsp3) is 0.906. The molecule has 0 aromatic carbocycles. The van der Waals surface area contributed by atoms with Crippen LogP contribution in [0.15, 0.2) is 12.2 Å². The van der Waals surface area contributed by atoms with Crippen molar-refractivity contribution in [3.8, 4) is 0 Å². The van der Waals surface area contributed by atoms with Gasteiger partial charge in [-0.05, 0) is 99.7 Å². The van der Waals surface area contributed by atoms with Crippen LogP contribution >= 0.6 is 0 Å². The van der Waals surface area contributed by atoms with Crippen molar-refractivity contribution < 1.29 is 30.0 Å². The molecule has 0 bridgehead atoms. The summed E-state index contributed by atoms with van der Waals surface area (Å²) in [6, 6.07) is 0. The molecule has 6 heteroatoms. The number of ether oxygens (including phenoxy) is 1. The molecule has 38 heavy (non-hydrogen) atoms. The highest BCUT2D eigenvalue weighted by Crippen LogP contribution is 2.75. The van der Waals surface area contributed by atoms with E-state index in [4.69, 9.17) is 4.74 Å². The molecule has 0 radical (unpaired) electrons. The first-order chi connectivity index (χ1) is 17.2. The fourth-order valence-electron chi connectivity index (χ4n) is 10.7. The summed E-state index contributed by atoms with van der Waals surface area (Å²) in [6.45, 7) is 18.2. The Bertz CT molecular complexity index is 948. The van der Waals surface area contributed by atoms with Crippen molar-refractivity contribution in [2.45, 2.75) is 137 Å². The van der Waals surface area contributed by atoms with E-state index in [1.165, 1.54) is 6.92 Å². The Morgan fingerprint density at radius 3 is 2.16 bits per heavy atom. The van der Waals surface area contributed by atoms with Gasteiger partial charge in [-0.2, -0.15) is 0 Å². The largest absolute Gasteiger partial charge is 0.462 e. The third-order valence-electron chi connectivity index (χ3n) is 12.4. The zero-order valence-electron chi connectivity index (χ0n) is 25.3. The van der Waals surface area contributed by atoms with E-state index in [0.29, 0.717) is 25.2 Å². The van der Waals surface area contributed by atoms with Crippen LogP contribution in [0.1, 0.15) is 107 Å². The van der Waals surface area contributed by atoms with Crippen molar-refractivity contribution in [1.82, 2.24) is 0 Å². The molecule has 11 atom stereocenters. The maximum Gasteiger partial charge on any atom is 0.302 e. The summed E-state index contributed by atoms with van der Waals surface area (Å²) in [5.41, 5.74) is -2.77. The highest BCUT2D eigenvalue weighted by atomic mass is 16.5. The summed E-state index contributed by atoms with van der Waals surface area (Å²) >= 11 is 0. The number of carbonyl (C=O) groups is 1. The molecule has 0 spiro atoms. The zero-order valence-corrected chi connectivity index (χ0v) is 25.3. The van der Waals surface area contributed by atoms with Crippen LogP contribution in [0.3, 0.4) is 0 Å². The molecule has 4 fully saturated rings. The van der Waals surface area contributed by atoms with Crippen molar-refractivity contribution in [1.29, 1.82) is 0 Å². The second-order valence-corrected chi connectivity index (χ2v) is 15.7. The lowest BCUT2D eigenvalue weighted by Gasteiger charge is -2.70. The standard InChI is InChI=1S/C32H54O6/c1-19(33)38-24-12-15-29(6)22(28(24,4)5)11-16-30(7)23(29)17-20(34)25-26(21(35)18-31(25,30)8)32(9,37)14-10-13-27(2,3)36/h10,13,20-26,34-37H,11-12,14-18H2,1-9H3/b13-10+/t20-,21+,22+,23-,24+,25-,26+,29+,30-,31-,32+/m1/s1. The van der Waals surface area contributed by atoms with Gasteiger partial charge < -0.3 is 25.2 Å². The number of rotatable bonds is 5. The summed E-state index contributed by atoms with van der Waals surface area (Å²) in [5, 5.41) is 45.2. The van der Waals surface area contributed by atoms with Crippen LogP contribution in [0.25, 0.3) is 0 Å². The number of hydrogen-bond acceptors (Lipinski definition) is 6. The number of esters is 1. The molecule has 4 aliphatic carbocycles. The Labute approximate surface area is 230 Å². The average Bonchev–Trinajstić information content (AvgIpc) is 3.04. The maximum atomic E-state index is 11.9. The van der Waals surface area contributed by atoms with E-state index in [-0.39, 0.29) is 45.6 Å². The Morgan fingerprint density at radius 2 is 1.58 bits per heavy atom. The van der Waals surface area contributed by atoms with Gasteiger partial charge in [0, 0.05) is 18.3 Å². The van der Waals surface area contributed by atoms with Gasteiger partial charge in [0.1, 0.15) is 6.10 Å². The molecule has 4 aliphatic rings. The Hall–Kier alpha value is -0.950. The summed E-state index contributed by atoms with van der Waals surface area (Å²) in [6.07, 6.45) is 7.42. The maximum absolute atomic E-state index is 11.9. The quantitative estimate of drug-likeness (QED) is 0.292. The second-order valence-electron chi connectivity index (χ2n) is 15.7. The second kappa shape index (κ2) is 9.29. The molecule has 0 aromatic rings. The molecular weight excluding hydrogens is 480 g/mol. The number of aliphatic hydroxyl groups excluding tert-OH is 2. The van der Waals surface area contributed by atoms with Crippen LogP contribution in [0.2, 0.25) is 0 Å². The monoisotopic (exact) mass is 534 g/mol. The predicted molar refractivity (Wildman–Crippen MR) is 148 cm³/mol. The molecule has 0 heterocycles. The van der Waals surface area contributed by atoms with Crippen LogP contribution in [-0.2, 0) is 9.53 Å². The minimum atomic E-state index is -1.21. The highest BCUT2D eigenvalue weighted by Gasteiger charge is 2.73. The van der Waals surface area contributed by atoms with Gasteiger partial charge in [0.25, 0.3) is 0 Å². The first kappa shape index (κ1) is 30.0. The minimum Gasteiger partial charge on any atom is -0.462 e. The average molecular weight is 535 g/mol. The SMILES string of the molecule is CC(=O)O[C@H]1CC[C@]2(C)[C@H]3C[C@@H](O)[C@@H]4[C@@H]([C@@](C)(O)C/C=C/C(C)(C)O)[C@@H](O)C[C@@]4(C)[C@]3(C)CC[C@H]2C1(C)C. The topological polar surface area (TPSA) is 107 Å². The van der Waals surface area contributed by atoms with Crippen LogP contribution in [0, 0.1) is 45.3 Å². The van der Waals surface area contributed by atoms with E-state index in [9.17, 15) is 25.2 Å². The summed E-state index contributed by atoms with van der Waals surface area (Å²) in [4.78, 5) is 11.9. The van der Waals surface area contributed by atoms with E-state index in [0.717, 1.165) is 25.7 Å². The third-order valence-corrected chi connectivity index (χ3v) is 12.4. The van der Waals surface area contributed by atoms with Crippen LogP contribution in [0.5, 0.6) is 0 Å². The van der Waals surface area contributed by atoms with Crippen LogP contribution in [0.4, 0.5) is 0 Å². The van der Waals surface area contributed by atoms with Gasteiger partial charge in [-0.3, -0.25) is 4.79 Å². The van der Waals surface area contributed by atoms with E-state index in [1.54, 1.807) is 32.9 Å². The van der Waals surface area contributed by atoms with Gasteiger partial charge in [0.2, 0.25) is 0 Å². The van der Waals surface area contributed by atoms with Crippen LogP contribution in [-0.4, -0.2) is 55.9 Å². The first-order valence-corrected chi connectivity index (χ1v) is 14.9. The van der Waals surface area contributed by atoms with Crippen molar-refractivity contribution in [3.63, 3.8) is 0 Å². The predicted octanol–water partition coefficient (Wildman–Crippen LogP) is 5.01. The Morgan fingerprint density at radius 1 is 0.947 bits per heavy atom. The molecule has 6 nitrogen and oxygen atoms in total.